The van der Waals surface area contributed by atoms with Gasteiger partial charge in [-0.1, -0.05) is 72.7 Å². The summed E-state index contributed by atoms with van der Waals surface area (Å²) in [4.78, 5) is 143. The fraction of sp³-hybridized carbons (Fsp3) is 0.653. The molecule has 1 aromatic rings. The van der Waals surface area contributed by atoms with Crippen molar-refractivity contribution in [1.82, 2.24) is 31.9 Å². The van der Waals surface area contributed by atoms with Crippen LogP contribution >= 0.6 is 33.3 Å². The molecular weight excluding hydrogens is 987 g/mol. The van der Waals surface area contributed by atoms with Gasteiger partial charge in [-0.3, -0.25) is 52.9 Å². The van der Waals surface area contributed by atoms with Crippen molar-refractivity contribution in [3.8, 4) is 0 Å². The number of amides is 5. The first-order chi connectivity index (χ1) is 33.8. The molecule has 7 atom stereocenters. The number of carbonyl (C=O) groups excluding carboxylic acids is 9. The van der Waals surface area contributed by atoms with Crippen LogP contribution in [0.15, 0.2) is 35.3 Å². The summed E-state index contributed by atoms with van der Waals surface area (Å²) >= 11 is 1.07. The molecule has 1 aromatic carbocycles. The molecule has 72 heavy (non-hydrogen) atoms. The molecule has 0 unspecified atom stereocenters. The second kappa shape index (κ2) is 30.3. The molecular formula is C49H75N9O11S3. The highest BCUT2D eigenvalue weighted by atomic mass is 33.1. The minimum Gasteiger partial charge on any atom is -0.481 e. The van der Waals surface area contributed by atoms with Gasteiger partial charge in [-0.2, -0.15) is 0 Å². The highest BCUT2D eigenvalue weighted by molar-refractivity contribution is 8.76. The summed E-state index contributed by atoms with van der Waals surface area (Å²) in [6.07, 6.45) is -0.497. The van der Waals surface area contributed by atoms with Crippen LogP contribution in [0.1, 0.15) is 105 Å². The molecule has 2 aliphatic heterocycles. The topological polar surface area (TPSA) is 328 Å². The second-order valence-corrected chi connectivity index (χ2v) is 23.9. The third kappa shape index (κ3) is 23.3. The van der Waals surface area contributed by atoms with Crippen molar-refractivity contribution in [2.45, 2.75) is 135 Å². The normalized spacial score (nSPS) is 24.6. The number of nitrogens with two attached hydrogens (primary N) is 2. The summed E-state index contributed by atoms with van der Waals surface area (Å²) in [5, 5.41) is 26.9. The van der Waals surface area contributed by atoms with Gasteiger partial charge in [-0.05, 0) is 71.4 Å². The minimum atomic E-state index is -1.46. The molecule has 0 spiro atoms. The van der Waals surface area contributed by atoms with Crippen molar-refractivity contribution in [2.24, 2.45) is 39.6 Å². The van der Waals surface area contributed by atoms with Gasteiger partial charge in [-0.25, -0.2) is 0 Å². The molecule has 400 valence electrons. The quantitative estimate of drug-likeness (QED) is 0.0556. The van der Waals surface area contributed by atoms with Gasteiger partial charge in [0.1, 0.15) is 6.04 Å². The molecule has 11 N–H and O–H groups in total. The monoisotopic (exact) mass is 1060 g/mol. The number of nitrogens with one attached hydrogen (secondary N) is 6. The van der Waals surface area contributed by atoms with Gasteiger partial charge in [0.15, 0.2) is 29.1 Å². The van der Waals surface area contributed by atoms with Crippen LogP contribution in [0.5, 0.6) is 0 Å². The SMILES string of the molecule is CC(C)(C)NCCCC[C@@H]1NC(=O)CSC[C@@H](C(=O)C(C)(C)C)NC(=O)[C@H](Cc2ccccc2)CC(=O)[C@@H]2CSSC[C@H](NC1=O)C(=O)C[C@@H](CCCN=C(N)N)C(=O)NCC(=O)C[C@@H](CC(=O)O)C(=O)N2. The van der Waals surface area contributed by atoms with Crippen molar-refractivity contribution >= 4 is 97.9 Å². The largest absolute Gasteiger partial charge is 0.481 e. The first-order valence-corrected chi connectivity index (χ1v) is 27.9. The molecule has 0 radical (unpaired) electrons. The summed E-state index contributed by atoms with van der Waals surface area (Å²) in [6.45, 7) is 11.3. The Bertz CT molecular complexity index is 2100. The molecule has 23 heteroatoms. The van der Waals surface area contributed by atoms with E-state index in [-0.39, 0.29) is 72.5 Å². The fourth-order valence-electron chi connectivity index (χ4n) is 7.87. The van der Waals surface area contributed by atoms with Gasteiger partial charge in [0, 0.05) is 65.9 Å². The van der Waals surface area contributed by atoms with E-state index >= 15 is 0 Å². The predicted octanol–water partition coefficient (Wildman–Crippen LogP) is 1.85. The van der Waals surface area contributed by atoms with Gasteiger partial charge in [0.2, 0.25) is 29.5 Å². The molecule has 2 saturated heterocycles. The standard InChI is InChI=1S/C49H75N9O11S3/c1-48(2,3)42(65)37-25-70-28-40(62)55-34(16-10-11-18-54-49(4,5)6)46(69)57-36-27-72-71-26-35(39(61)22-31(44(67)58-37)19-29-13-8-7-9-14-29)56-45(68)32(23-41(63)64)20-33(59)24-53-43(66)30(21-38(36)60)15-12-17-52-47(50)51/h7-9,13-14,30-32,34-37,54H,10-12,15-28H2,1-6H3,(H,53,66)(H,55,62)(H,56,68)(H,57,69)(H,58,67)(H,63,64)(H4,50,51,52)/t30-,31-,32+,34+,35+,36+,37+/m1/s1. The van der Waals surface area contributed by atoms with Crippen LogP contribution in [0.2, 0.25) is 0 Å². The summed E-state index contributed by atoms with van der Waals surface area (Å²) < 4.78 is 0. The Morgan fingerprint density at radius 1 is 0.722 bits per heavy atom. The first kappa shape index (κ1) is 61.3. The lowest BCUT2D eigenvalue weighted by Gasteiger charge is -2.28. The Kier molecular flexibility index (Phi) is 25.8. The Labute approximate surface area is 434 Å². The zero-order valence-electron chi connectivity index (χ0n) is 42.3. The van der Waals surface area contributed by atoms with Crippen molar-refractivity contribution in [2.75, 3.05) is 42.6 Å². The maximum Gasteiger partial charge on any atom is 0.304 e. The number of benzene rings is 1. The zero-order chi connectivity index (χ0) is 53.6. The Balaban J connectivity index is 2.18. The Morgan fingerprint density at radius 3 is 1.93 bits per heavy atom. The van der Waals surface area contributed by atoms with Gasteiger partial charge >= 0.3 is 5.97 Å². The molecule has 5 amide bonds. The summed E-state index contributed by atoms with van der Waals surface area (Å²) in [5.41, 5.74) is 10.6. The van der Waals surface area contributed by atoms with Crippen molar-refractivity contribution in [1.29, 1.82) is 0 Å². The van der Waals surface area contributed by atoms with Crippen LogP contribution in [0.4, 0.5) is 0 Å². The number of Topliss-reactive ketones (excluding diaryl/α,β-unsaturated/α-hetero) is 4. The molecule has 20 nitrogen and oxygen atoms in total. The van der Waals surface area contributed by atoms with Crippen LogP contribution in [0.3, 0.4) is 0 Å². The number of unbranched alkanes of at least 4 members (excludes halogenated alkanes) is 1. The van der Waals surface area contributed by atoms with E-state index in [1.807, 2.05) is 20.8 Å². The Hall–Kier alpha value is -5.00. The van der Waals surface area contributed by atoms with Crippen LogP contribution in [0.25, 0.3) is 0 Å². The van der Waals surface area contributed by atoms with Gasteiger partial charge in [0.25, 0.3) is 0 Å². The number of fused-ring (bicyclic) bond motifs is 5. The van der Waals surface area contributed by atoms with E-state index < -0.39 is 132 Å². The molecule has 2 heterocycles. The molecule has 0 aromatic heterocycles. The molecule has 2 fully saturated rings. The number of rotatable bonds is 14. The van der Waals surface area contributed by atoms with E-state index in [1.165, 1.54) is 0 Å². The third-order valence-corrected chi connectivity index (χ3v) is 15.2. The van der Waals surface area contributed by atoms with Gasteiger partial charge in [0.05, 0.1) is 42.8 Å². The highest BCUT2D eigenvalue weighted by Gasteiger charge is 2.37. The van der Waals surface area contributed by atoms with Crippen LogP contribution < -0.4 is 43.4 Å². The molecule has 0 aliphatic carbocycles. The number of hydrogen-bond acceptors (Lipinski definition) is 15. The lowest BCUT2D eigenvalue weighted by molar-refractivity contribution is -0.142. The number of carbonyl (C=O) groups is 10. The molecule has 2 bridgehead atoms. The van der Waals surface area contributed by atoms with Gasteiger partial charge in [-0.15, -0.1) is 11.8 Å². The number of hydrogen-bond donors (Lipinski definition) is 9. The highest BCUT2D eigenvalue weighted by Crippen LogP contribution is 2.28. The van der Waals surface area contributed by atoms with Crippen LogP contribution in [0, 0.1) is 23.2 Å². The number of thioether (sulfide) groups is 1. The lowest BCUT2D eigenvalue weighted by atomic mass is 9.86. The second-order valence-electron chi connectivity index (χ2n) is 20.3. The van der Waals surface area contributed by atoms with Crippen molar-refractivity contribution in [3.63, 3.8) is 0 Å². The summed E-state index contributed by atoms with van der Waals surface area (Å²) in [6, 6.07) is 4.08. The number of carboxylic acids is 1. The molecule has 0 saturated carbocycles. The number of guanidine groups is 1. The van der Waals surface area contributed by atoms with Crippen molar-refractivity contribution < 1.29 is 53.1 Å². The lowest BCUT2D eigenvalue weighted by Crippen LogP contribution is -2.53. The minimum absolute atomic E-state index is 0.0376. The van der Waals surface area contributed by atoms with E-state index in [4.69, 9.17) is 11.5 Å². The summed E-state index contributed by atoms with van der Waals surface area (Å²) in [5.74, 6) is -11.3. The number of aliphatic carboxylic acids is 1. The maximum absolute atomic E-state index is 14.6. The predicted molar refractivity (Wildman–Crippen MR) is 281 cm³/mol. The Morgan fingerprint density at radius 2 is 1.33 bits per heavy atom. The number of nitrogens with zero attached hydrogens (tertiary/aromatic N) is 1. The smallest absolute Gasteiger partial charge is 0.304 e. The summed E-state index contributed by atoms with van der Waals surface area (Å²) in [7, 11) is 2.15. The number of ketones is 4. The van der Waals surface area contributed by atoms with E-state index in [9.17, 15) is 53.1 Å². The van der Waals surface area contributed by atoms with E-state index in [0.29, 0.717) is 24.9 Å². The van der Waals surface area contributed by atoms with E-state index in [0.717, 1.165) is 33.3 Å². The van der Waals surface area contributed by atoms with Crippen LogP contribution in [-0.4, -0.2) is 142 Å². The van der Waals surface area contributed by atoms with E-state index in [2.05, 4.69) is 36.9 Å². The van der Waals surface area contributed by atoms with Crippen molar-refractivity contribution in [3.05, 3.63) is 35.9 Å². The maximum atomic E-state index is 14.6. The zero-order valence-corrected chi connectivity index (χ0v) is 44.8. The van der Waals surface area contributed by atoms with Crippen LogP contribution in [-0.2, 0) is 54.4 Å². The average Bonchev–Trinajstić information content (AvgIpc) is 3.29. The molecule has 3 rings (SSSR count). The number of carboxylic acid groups (broad SMARTS) is 1. The van der Waals surface area contributed by atoms with Gasteiger partial charge < -0.3 is 48.5 Å². The number of aliphatic imine (C=N–C) groups is 1. The first-order valence-electron chi connectivity index (χ1n) is 24.3. The fourth-order valence-corrected chi connectivity index (χ4v) is 11.1. The molecule has 2 aliphatic rings. The van der Waals surface area contributed by atoms with E-state index in [1.54, 1.807) is 51.1 Å². The third-order valence-electron chi connectivity index (χ3n) is 11.8. The average molecular weight is 1060 g/mol.